The zero-order chi connectivity index (χ0) is 20.5. The number of nitrogens with zero attached hydrogens (tertiary/aromatic N) is 2. The second kappa shape index (κ2) is 10.1. The fraction of sp³-hybridized carbons (Fsp3) is 0.217. The molecule has 3 aromatic rings. The zero-order valence-electron chi connectivity index (χ0n) is 16.7. The van der Waals surface area contributed by atoms with Crippen LogP contribution >= 0.6 is 0 Å². The van der Waals surface area contributed by atoms with Gasteiger partial charge in [0.25, 0.3) is 0 Å². The van der Waals surface area contributed by atoms with E-state index >= 15 is 0 Å². The minimum Gasteiger partial charge on any atom is -0.490 e. The Hall–Kier alpha value is -3.54. The van der Waals surface area contributed by atoms with Crippen molar-refractivity contribution < 1.29 is 14.3 Å². The van der Waals surface area contributed by atoms with Crippen LogP contribution in [0.1, 0.15) is 22.3 Å². The standard InChI is InChI=1S/C23H25N3O3/c1-17-8-9-18(2)22(13-17)27-11-12-29-26-23(24)20-6-3-7-21(14-20)28-16-19-5-4-10-25-15-19/h3-10,13-15H,11-12,16H2,1-2H3,(H2,24,26). The van der Waals surface area contributed by atoms with Crippen molar-refractivity contribution in [3.63, 3.8) is 0 Å². The Balaban J connectivity index is 1.48. The van der Waals surface area contributed by atoms with E-state index in [1.807, 2.05) is 62.4 Å². The molecule has 2 aromatic carbocycles. The molecule has 0 saturated carbocycles. The summed E-state index contributed by atoms with van der Waals surface area (Å²) >= 11 is 0. The van der Waals surface area contributed by atoms with Gasteiger partial charge in [0, 0.05) is 23.5 Å². The molecule has 0 atom stereocenters. The minimum absolute atomic E-state index is 0.281. The number of benzene rings is 2. The first-order valence-electron chi connectivity index (χ1n) is 9.39. The molecule has 6 heteroatoms. The average molecular weight is 391 g/mol. The molecular formula is C23H25N3O3. The van der Waals surface area contributed by atoms with Crippen LogP contribution in [-0.4, -0.2) is 24.0 Å². The van der Waals surface area contributed by atoms with E-state index in [2.05, 4.69) is 16.2 Å². The summed E-state index contributed by atoms with van der Waals surface area (Å²) in [5.41, 5.74) is 9.98. The van der Waals surface area contributed by atoms with E-state index in [0.29, 0.717) is 25.6 Å². The molecule has 2 N–H and O–H groups in total. The lowest BCUT2D eigenvalue weighted by Crippen LogP contribution is -2.15. The lowest BCUT2D eigenvalue weighted by atomic mass is 10.1. The van der Waals surface area contributed by atoms with Crippen LogP contribution in [0.3, 0.4) is 0 Å². The highest BCUT2D eigenvalue weighted by Crippen LogP contribution is 2.19. The van der Waals surface area contributed by atoms with Gasteiger partial charge in [0.1, 0.15) is 24.7 Å². The summed E-state index contributed by atoms with van der Waals surface area (Å²) in [4.78, 5) is 9.37. The Morgan fingerprint density at radius 2 is 1.90 bits per heavy atom. The smallest absolute Gasteiger partial charge is 0.170 e. The van der Waals surface area contributed by atoms with Crippen LogP contribution in [0.15, 0.2) is 72.1 Å². The summed E-state index contributed by atoms with van der Waals surface area (Å²) in [7, 11) is 0. The number of amidine groups is 1. The Kier molecular flexibility index (Phi) is 7.05. The lowest BCUT2D eigenvalue weighted by molar-refractivity contribution is 0.107. The van der Waals surface area contributed by atoms with Crippen molar-refractivity contribution >= 4 is 5.84 Å². The molecule has 0 aliphatic carbocycles. The quantitative estimate of drug-likeness (QED) is 0.258. The van der Waals surface area contributed by atoms with Gasteiger partial charge in [0.15, 0.2) is 12.4 Å². The van der Waals surface area contributed by atoms with E-state index in [9.17, 15) is 0 Å². The number of aryl methyl sites for hydroxylation is 2. The van der Waals surface area contributed by atoms with Crippen LogP contribution in [0, 0.1) is 13.8 Å². The normalized spacial score (nSPS) is 11.2. The third-order valence-corrected chi connectivity index (χ3v) is 4.20. The molecule has 6 nitrogen and oxygen atoms in total. The predicted octanol–water partition coefficient (Wildman–Crippen LogP) is 3.99. The molecule has 3 rings (SSSR count). The van der Waals surface area contributed by atoms with Gasteiger partial charge >= 0.3 is 0 Å². The summed E-state index contributed by atoms with van der Waals surface area (Å²) in [6.07, 6.45) is 3.50. The first-order chi connectivity index (χ1) is 14.1. The maximum atomic E-state index is 6.03. The molecule has 29 heavy (non-hydrogen) atoms. The monoisotopic (exact) mass is 391 g/mol. The van der Waals surface area contributed by atoms with Gasteiger partial charge in [-0.1, -0.05) is 35.5 Å². The van der Waals surface area contributed by atoms with E-state index in [4.69, 9.17) is 20.0 Å². The first kappa shape index (κ1) is 20.2. The van der Waals surface area contributed by atoms with E-state index < -0.39 is 0 Å². The molecule has 0 amide bonds. The van der Waals surface area contributed by atoms with Crippen LogP contribution in [-0.2, 0) is 11.4 Å². The molecule has 1 aromatic heterocycles. The van der Waals surface area contributed by atoms with Crippen molar-refractivity contribution in [2.75, 3.05) is 13.2 Å². The first-order valence-corrected chi connectivity index (χ1v) is 9.39. The van der Waals surface area contributed by atoms with Crippen molar-refractivity contribution in [2.45, 2.75) is 20.5 Å². The van der Waals surface area contributed by atoms with Gasteiger partial charge in [-0.25, -0.2) is 0 Å². The maximum absolute atomic E-state index is 6.03. The third-order valence-electron chi connectivity index (χ3n) is 4.20. The number of pyridine rings is 1. The highest BCUT2D eigenvalue weighted by atomic mass is 16.6. The Bertz CT molecular complexity index is 959. The Morgan fingerprint density at radius 1 is 1.00 bits per heavy atom. The molecule has 0 unspecified atom stereocenters. The van der Waals surface area contributed by atoms with Gasteiger partial charge in [-0.05, 0) is 49.2 Å². The molecule has 0 spiro atoms. The van der Waals surface area contributed by atoms with Gasteiger partial charge in [-0.15, -0.1) is 0 Å². The molecule has 0 fully saturated rings. The predicted molar refractivity (Wildman–Crippen MR) is 113 cm³/mol. The molecule has 0 aliphatic heterocycles. The fourth-order valence-electron chi connectivity index (χ4n) is 2.61. The SMILES string of the molecule is Cc1ccc(C)c(OCCON=C(N)c2cccc(OCc3cccnc3)c2)c1. The molecule has 0 radical (unpaired) electrons. The van der Waals surface area contributed by atoms with Crippen molar-refractivity contribution in [3.05, 3.63) is 89.2 Å². The number of ether oxygens (including phenoxy) is 2. The van der Waals surface area contributed by atoms with Gasteiger partial charge < -0.3 is 20.0 Å². The number of nitrogens with two attached hydrogens (primary N) is 1. The molecule has 0 aliphatic rings. The van der Waals surface area contributed by atoms with Gasteiger partial charge in [0.05, 0.1) is 0 Å². The van der Waals surface area contributed by atoms with Gasteiger partial charge in [-0.2, -0.15) is 0 Å². The summed E-state index contributed by atoms with van der Waals surface area (Å²) in [6.45, 7) is 5.15. The van der Waals surface area contributed by atoms with Crippen LogP contribution < -0.4 is 15.2 Å². The van der Waals surface area contributed by atoms with Crippen LogP contribution in [0.4, 0.5) is 0 Å². The summed E-state index contributed by atoms with van der Waals surface area (Å²) in [5, 5.41) is 3.97. The molecule has 1 heterocycles. The van der Waals surface area contributed by atoms with E-state index in [1.165, 1.54) is 0 Å². The second-order valence-corrected chi connectivity index (χ2v) is 6.60. The summed E-state index contributed by atoms with van der Waals surface area (Å²) in [5.74, 6) is 1.83. The molecule has 0 saturated heterocycles. The second-order valence-electron chi connectivity index (χ2n) is 6.60. The van der Waals surface area contributed by atoms with Crippen LogP contribution in [0.25, 0.3) is 0 Å². The van der Waals surface area contributed by atoms with E-state index in [1.54, 1.807) is 12.4 Å². The summed E-state index contributed by atoms with van der Waals surface area (Å²) in [6, 6.07) is 17.3. The zero-order valence-corrected chi connectivity index (χ0v) is 16.7. The topological polar surface area (TPSA) is 79.0 Å². The number of hydrogen-bond acceptors (Lipinski definition) is 5. The Labute approximate surface area is 170 Å². The average Bonchev–Trinajstić information content (AvgIpc) is 2.75. The van der Waals surface area contributed by atoms with Gasteiger partial charge in [-0.3, -0.25) is 4.98 Å². The van der Waals surface area contributed by atoms with Gasteiger partial charge in [0.2, 0.25) is 0 Å². The van der Waals surface area contributed by atoms with E-state index in [0.717, 1.165) is 28.0 Å². The van der Waals surface area contributed by atoms with E-state index in [-0.39, 0.29) is 5.84 Å². The number of aromatic nitrogens is 1. The molecule has 150 valence electrons. The summed E-state index contributed by atoms with van der Waals surface area (Å²) < 4.78 is 11.5. The van der Waals surface area contributed by atoms with Crippen molar-refractivity contribution in [3.8, 4) is 11.5 Å². The number of hydrogen-bond donors (Lipinski definition) is 1. The molecule has 0 bridgehead atoms. The van der Waals surface area contributed by atoms with Crippen LogP contribution in [0.5, 0.6) is 11.5 Å². The van der Waals surface area contributed by atoms with Crippen molar-refractivity contribution in [1.82, 2.24) is 4.98 Å². The lowest BCUT2D eigenvalue weighted by Gasteiger charge is -2.10. The van der Waals surface area contributed by atoms with Crippen molar-refractivity contribution in [1.29, 1.82) is 0 Å². The Morgan fingerprint density at radius 3 is 2.72 bits per heavy atom. The molecular weight excluding hydrogens is 366 g/mol. The third kappa shape index (κ3) is 6.24. The highest BCUT2D eigenvalue weighted by Gasteiger charge is 2.03. The number of rotatable bonds is 9. The van der Waals surface area contributed by atoms with Crippen LogP contribution in [0.2, 0.25) is 0 Å². The minimum atomic E-state index is 0.281. The maximum Gasteiger partial charge on any atom is 0.170 e. The fourth-order valence-corrected chi connectivity index (χ4v) is 2.61. The largest absolute Gasteiger partial charge is 0.490 e. The van der Waals surface area contributed by atoms with Crippen molar-refractivity contribution in [2.24, 2.45) is 10.9 Å². The number of oxime groups is 1. The highest BCUT2D eigenvalue weighted by molar-refractivity contribution is 5.97.